The Kier molecular flexibility index (Phi) is 6.45. The van der Waals surface area contributed by atoms with Crippen LogP contribution in [-0.4, -0.2) is 11.8 Å². The van der Waals surface area contributed by atoms with Crippen molar-refractivity contribution < 1.29 is 9.59 Å². The molecule has 0 aromatic heterocycles. The third-order valence-corrected chi connectivity index (χ3v) is 4.95. The van der Waals surface area contributed by atoms with E-state index in [2.05, 4.69) is 10.6 Å². The van der Waals surface area contributed by atoms with Gasteiger partial charge in [0.05, 0.1) is 23.7 Å². The van der Waals surface area contributed by atoms with Gasteiger partial charge in [-0.3, -0.25) is 9.59 Å². The van der Waals surface area contributed by atoms with Crippen molar-refractivity contribution in [3.8, 4) is 0 Å². The van der Waals surface area contributed by atoms with Gasteiger partial charge in [0.1, 0.15) is 0 Å². The molecule has 3 aromatic carbocycles. The summed E-state index contributed by atoms with van der Waals surface area (Å²) in [6, 6.07) is 22.8. The summed E-state index contributed by atoms with van der Waals surface area (Å²) < 4.78 is 0. The van der Waals surface area contributed by atoms with E-state index in [0.29, 0.717) is 11.3 Å². The second kappa shape index (κ2) is 9.20. The molecule has 4 nitrogen and oxygen atoms in total. The maximum atomic E-state index is 12.8. The van der Waals surface area contributed by atoms with Crippen molar-refractivity contribution in [2.45, 2.75) is 33.2 Å². The summed E-state index contributed by atoms with van der Waals surface area (Å²) >= 11 is 0. The van der Waals surface area contributed by atoms with E-state index in [1.54, 1.807) is 18.2 Å². The number of hydrogen-bond donors (Lipinski definition) is 2. The van der Waals surface area contributed by atoms with Crippen molar-refractivity contribution in [2.24, 2.45) is 0 Å². The number of aryl methyl sites for hydroxylation is 2. The van der Waals surface area contributed by atoms with Gasteiger partial charge in [-0.1, -0.05) is 66.2 Å². The van der Waals surface area contributed by atoms with E-state index in [9.17, 15) is 9.59 Å². The van der Waals surface area contributed by atoms with Gasteiger partial charge in [0.15, 0.2) is 0 Å². The molecule has 0 saturated carbocycles. The Bertz CT molecular complexity index is 1010. The number of rotatable bonds is 6. The molecule has 0 aliphatic heterocycles. The van der Waals surface area contributed by atoms with Crippen LogP contribution in [0.25, 0.3) is 0 Å². The average molecular weight is 386 g/mol. The topological polar surface area (TPSA) is 58.2 Å². The van der Waals surface area contributed by atoms with Gasteiger partial charge in [-0.15, -0.1) is 0 Å². The molecule has 1 atom stereocenters. The number of carbonyl (C=O) groups excluding carboxylic acids is 2. The smallest absolute Gasteiger partial charge is 0.253 e. The maximum absolute atomic E-state index is 12.8. The van der Waals surface area contributed by atoms with Crippen LogP contribution in [0, 0.1) is 13.8 Å². The molecule has 3 rings (SSSR count). The molecule has 2 N–H and O–H groups in total. The van der Waals surface area contributed by atoms with Gasteiger partial charge < -0.3 is 10.6 Å². The molecule has 0 aliphatic carbocycles. The lowest BCUT2D eigenvalue weighted by Crippen LogP contribution is -2.28. The second-order valence-corrected chi connectivity index (χ2v) is 7.31. The van der Waals surface area contributed by atoms with Gasteiger partial charge in [-0.25, -0.2) is 0 Å². The van der Waals surface area contributed by atoms with Gasteiger partial charge >= 0.3 is 0 Å². The van der Waals surface area contributed by atoms with Gasteiger partial charge in [0.25, 0.3) is 5.91 Å². The Labute approximate surface area is 172 Å². The summed E-state index contributed by atoms with van der Waals surface area (Å²) in [5.74, 6) is -0.362. The first-order valence-electron chi connectivity index (χ1n) is 9.75. The third kappa shape index (κ3) is 5.32. The molecule has 0 bridgehead atoms. The fraction of sp³-hybridized carbons (Fsp3) is 0.200. The molecule has 148 valence electrons. The van der Waals surface area contributed by atoms with Gasteiger partial charge in [-0.2, -0.15) is 0 Å². The minimum absolute atomic E-state index is 0.137. The van der Waals surface area contributed by atoms with Crippen LogP contribution in [0.15, 0.2) is 72.8 Å². The standard InChI is InChI=1S/C25H26N2O2/c1-17-13-14-18(2)21(15-17)16-24(28)27-23-12-8-7-11-22(23)25(29)26-19(3)20-9-5-4-6-10-20/h4-15,19H,16H2,1-3H3,(H,26,29)(H,27,28)/t19-/m1/s1. The van der Waals surface area contributed by atoms with E-state index in [1.165, 1.54) is 0 Å². The van der Waals surface area contributed by atoms with Crippen LogP contribution in [-0.2, 0) is 11.2 Å². The van der Waals surface area contributed by atoms with E-state index in [4.69, 9.17) is 0 Å². The molecule has 0 saturated heterocycles. The van der Waals surface area contributed by atoms with E-state index in [0.717, 1.165) is 22.3 Å². The van der Waals surface area contributed by atoms with Crippen molar-refractivity contribution in [1.82, 2.24) is 5.32 Å². The first-order valence-corrected chi connectivity index (χ1v) is 9.75. The van der Waals surface area contributed by atoms with Crippen molar-refractivity contribution >= 4 is 17.5 Å². The van der Waals surface area contributed by atoms with E-state index in [1.807, 2.05) is 75.4 Å². The highest BCUT2D eigenvalue weighted by molar-refractivity contribution is 6.04. The van der Waals surface area contributed by atoms with Crippen LogP contribution in [0.2, 0.25) is 0 Å². The monoisotopic (exact) mass is 386 g/mol. The highest BCUT2D eigenvalue weighted by atomic mass is 16.2. The summed E-state index contributed by atoms with van der Waals surface area (Å²) in [6.45, 7) is 5.94. The number of benzene rings is 3. The minimum Gasteiger partial charge on any atom is -0.345 e. The molecular weight excluding hydrogens is 360 g/mol. The lowest BCUT2D eigenvalue weighted by molar-refractivity contribution is -0.115. The summed E-state index contributed by atoms with van der Waals surface area (Å²) in [5, 5.41) is 5.90. The van der Waals surface area contributed by atoms with Gasteiger partial charge in [0, 0.05) is 0 Å². The first kappa shape index (κ1) is 20.3. The first-order chi connectivity index (χ1) is 13.9. The third-order valence-electron chi connectivity index (χ3n) is 4.95. The molecule has 0 unspecified atom stereocenters. The predicted molar refractivity (Wildman–Crippen MR) is 117 cm³/mol. The molecule has 3 aromatic rings. The van der Waals surface area contributed by atoms with E-state index < -0.39 is 0 Å². The Balaban J connectivity index is 1.72. The lowest BCUT2D eigenvalue weighted by atomic mass is 10.0. The van der Waals surface area contributed by atoms with Crippen molar-refractivity contribution in [2.75, 3.05) is 5.32 Å². The minimum atomic E-state index is -0.219. The fourth-order valence-corrected chi connectivity index (χ4v) is 3.25. The zero-order chi connectivity index (χ0) is 20.8. The number of nitrogens with one attached hydrogen (secondary N) is 2. The zero-order valence-electron chi connectivity index (χ0n) is 17.0. The molecule has 0 heterocycles. The zero-order valence-corrected chi connectivity index (χ0v) is 17.0. The molecule has 29 heavy (non-hydrogen) atoms. The molecule has 4 heteroatoms. The maximum Gasteiger partial charge on any atom is 0.253 e. The summed E-state index contributed by atoms with van der Waals surface area (Å²) in [6.07, 6.45) is 0.268. The van der Waals surface area contributed by atoms with Crippen LogP contribution in [0.4, 0.5) is 5.69 Å². The van der Waals surface area contributed by atoms with E-state index >= 15 is 0 Å². The van der Waals surface area contributed by atoms with Gasteiger partial charge in [-0.05, 0) is 49.6 Å². The molecule has 2 amide bonds. The lowest BCUT2D eigenvalue weighted by Gasteiger charge is -2.16. The quantitative estimate of drug-likeness (QED) is 0.628. The number of para-hydroxylation sites is 1. The van der Waals surface area contributed by atoms with Crippen LogP contribution in [0.3, 0.4) is 0 Å². The highest BCUT2D eigenvalue weighted by Gasteiger charge is 2.16. The van der Waals surface area contributed by atoms with Crippen molar-refractivity contribution in [3.63, 3.8) is 0 Å². The Hall–Kier alpha value is -3.40. The molecule has 0 aliphatic rings. The molecule has 0 spiro atoms. The van der Waals surface area contributed by atoms with Crippen LogP contribution < -0.4 is 10.6 Å². The Morgan fingerprint density at radius 2 is 1.59 bits per heavy atom. The molecular formula is C25H26N2O2. The van der Waals surface area contributed by atoms with Crippen molar-refractivity contribution in [3.05, 3.63) is 101 Å². The van der Waals surface area contributed by atoms with Crippen LogP contribution in [0.5, 0.6) is 0 Å². The Morgan fingerprint density at radius 3 is 2.34 bits per heavy atom. The number of hydrogen-bond acceptors (Lipinski definition) is 2. The number of carbonyl (C=O) groups is 2. The largest absolute Gasteiger partial charge is 0.345 e. The summed E-state index contributed by atoms with van der Waals surface area (Å²) in [5.41, 5.74) is 5.17. The highest BCUT2D eigenvalue weighted by Crippen LogP contribution is 2.19. The average Bonchev–Trinajstić information content (AvgIpc) is 2.71. The van der Waals surface area contributed by atoms with E-state index in [-0.39, 0.29) is 24.3 Å². The molecule has 0 radical (unpaired) electrons. The normalized spacial score (nSPS) is 11.6. The molecule has 0 fully saturated rings. The summed E-state index contributed by atoms with van der Waals surface area (Å²) in [7, 11) is 0. The van der Waals surface area contributed by atoms with Gasteiger partial charge in [0.2, 0.25) is 5.91 Å². The fourth-order valence-electron chi connectivity index (χ4n) is 3.25. The predicted octanol–water partition coefficient (Wildman–Crippen LogP) is 4.98. The SMILES string of the molecule is Cc1ccc(C)c(CC(=O)Nc2ccccc2C(=O)N[C@H](C)c2ccccc2)c1. The number of anilines is 1. The summed E-state index contributed by atoms with van der Waals surface area (Å²) in [4.78, 5) is 25.4. The van der Waals surface area contributed by atoms with Crippen molar-refractivity contribution in [1.29, 1.82) is 0 Å². The Morgan fingerprint density at radius 1 is 0.897 bits per heavy atom. The second-order valence-electron chi connectivity index (χ2n) is 7.31. The number of amides is 2. The van der Waals surface area contributed by atoms with Crippen LogP contribution >= 0.6 is 0 Å². The van der Waals surface area contributed by atoms with Crippen LogP contribution in [0.1, 0.15) is 45.6 Å².